The number of anilines is 1. The summed E-state index contributed by atoms with van der Waals surface area (Å²) >= 11 is 0. The van der Waals surface area contributed by atoms with Crippen LogP contribution in [0, 0.1) is 0 Å². The highest BCUT2D eigenvalue weighted by Crippen LogP contribution is 2.44. The maximum absolute atomic E-state index is 10.9. The number of hydrogen-bond donors (Lipinski definition) is 2. The molecule has 286 valence electrons. The number of aliphatic hydroxyl groups is 1. The van der Waals surface area contributed by atoms with Crippen molar-refractivity contribution in [3.05, 3.63) is 65.1 Å². The molecule has 7 aliphatic rings. The zero-order chi connectivity index (χ0) is 36.6. The summed E-state index contributed by atoms with van der Waals surface area (Å²) in [5.41, 5.74) is 2.98. The summed E-state index contributed by atoms with van der Waals surface area (Å²) < 4.78 is 74.8. The van der Waals surface area contributed by atoms with E-state index in [4.69, 9.17) is 56.8 Å². The lowest BCUT2D eigenvalue weighted by molar-refractivity contribution is -0.236. The Morgan fingerprint density at radius 1 is 0.635 bits per heavy atom. The molecule has 2 N–H and O–H groups in total. The van der Waals surface area contributed by atoms with Crippen molar-refractivity contribution in [3.63, 3.8) is 0 Å². The maximum Gasteiger partial charge on any atom is 0.196 e. The summed E-state index contributed by atoms with van der Waals surface area (Å²) in [6.45, 7) is 16.0. The minimum Gasteiger partial charge on any atom is -0.494 e. The van der Waals surface area contributed by atoms with Gasteiger partial charge in [-0.25, -0.2) is 0 Å². The number of aliphatic hydroxyl groups excluding tert-OH is 1. The summed E-state index contributed by atoms with van der Waals surface area (Å²) in [6, 6.07) is 5.87. The van der Waals surface area contributed by atoms with E-state index in [9.17, 15) is 5.11 Å². The molecule has 0 aromatic heterocycles. The van der Waals surface area contributed by atoms with E-state index in [1.54, 1.807) is 0 Å². The highest BCUT2D eigenvalue weighted by Gasteiger charge is 2.60. The average Bonchev–Trinajstić information content (AvgIpc) is 3.90. The van der Waals surface area contributed by atoms with Crippen molar-refractivity contribution in [2.45, 2.75) is 153 Å². The van der Waals surface area contributed by atoms with Crippen LogP contribution in [-0.2, 0) is 70.1 Å². The van der Waals surface area contributed by atoms with Crippen molar-refractivity contribution in [3.8, 4) is 0 Å². The molecule has 6 heterocycles. The van der Waals surface area contributed by atoms with Crippen LogP contribution in [0.4, 0.5) is 5.69 Å². The molecule has 0 unspecified atom stereocenters. The van der Waals surface area contributed by atoms with E-state index < -0.39 is 72.4 Å². The smallest absolute Gasteiger partial charge is 0.196 e. The van der Waals surface area contributed by atoms with Crippen LogP contribution in [0.3, 0.4) is 0 Å². The molecular weight excluding hydrogens is 678 g/mol. The number of nitrogens with one attached hydrogen (secondary N) is 1. The molecule has 14 heteroatoms. The zero-order valence-electron chi connectivity index (χ0n) is 31.0. The Labute approximate surface area is 304 Å². The Hall–Kier alpha value is -2.44. The van der Waals surface area contributed by atoms with E-state index in [2.05, 4.69) is 5.32 Å². The molecule has 1 aromatic rings. The summed E-state index contributed by atoms with van der Waals surface area (Å²) in [6.07, 6.45) is 2.51. The number of ether oxygens (including phenoxy) is 12. The van der Waals surface area contributed by atoms with Gasteiger partial charge in [-0.2, -0.15) is 0 Å². The number of hydrogen-bond acceptors (Lipinski definition) is 14. The van der Waals surface area contributed by atoms with Crippen LogP contribution >= 0.6 is 0 Å². The molecule has 0 amide bonds. The van der Waals surface area contributed by atoms with Gasteiger partial charge < -0.3 is 67.3 Å². The van der Waals surface area contributed by atoms with Crippen LogP contribution in [0.15, 0.2) is 54.0 Å². The van der Waals surface area contributed by atoms with E-state index in [0.29, 0.717) is 24.5 Å². The topological polar surface area (TPSA) is 143 Å². The molecule has 6 aliphatic heterocycles. The van der Waals surface area contributed by atoms with Gasteiger partial charge in [0, 0.05) is 11.3 Å². The van der Waals surface area contributed by atoms with Gasteiger partial charge in [0.05, 0.1) is 26.4 Å². The minimum absolute atomic E-state index is 0.0219. The molecule has 10 atom stereocenters. The Morgan fingerprint density at radius 3 is 1.52 bits per heavy atom. The standard InChI is InChI=1S/C38H51NO13/c1-35(2)43-18-24(47-35)26-28(30-33(45-26)51-37(5,6)49-30)41-16-20-13-21(15-23(14-20)39-32(40)22-11-9-10-12-22)17-42-29-27(25-19-44-36(3,4)48-25)46-34-31(29)50-38(7,8)52-34/h9-15,24-31,33-34,39-40H,16-19H2,1-8H3/t24-,25-,26+,27+,28-,29-,30+,31+,33+,34+/m0/s1. The van der Waals surface area contributed by atoms with Crippen molar-refractivity contribution in [1.82, 2.24) is 0 Å². The van der Waals surface area contributed by atoms with Gasteiger partial charge >= 0.3 is 0 Å². The van der Waals surface area contributed by atoms with Crippen LogP contribution in [0.1, 0.15) is 66.5 Å². The van der Waals surface area contributed by atoms with Crippen molar-refractivity contribution in [2.24, 2.45) is 0 Å². The maximum atomic E-state index is 10.9. The number of benzene rings is 1. The first kappa shape index (κ1) is 36.5. The summed E-state index contributed by atoms with van der Waals surface area (Å²) in [5, 5.41) is 14.1. The first-order chi connectivity index (χ1) is 24.5. The first-order valence-corrected chi connectivity index (χ1v) is 18.1. The minimum atomic E-state index is -0.827. The molecule has 6 fully saturated rings. The van der Waals surface area contributed by atoms with E-state index in [-0.39, 0.29) is 31.3 Å². The lowest BCUT2D eigenvalue weighted by atomic mass is 10.0. The quantitative estimate of drug-likeness (QED) is 0.318. The summed E-state index contributed by atoms with van der Waals surface area (Å²) in [4.78, 5) is 0. The van der Waals surface area contributed by atoms with Crippen LogP contribution < -0.4 is 5.32 Å². The number of fused-ring (bicyclic) bond motifs is 2. The van der Waals surface area contributed by atoms with Crippen LogP contribution in [0.2, 0.25) is 0 Å². The average molecular weight is 730 g/mol. The van der Waals surface area contributed by atoms with Crippen LogP contribution in [0.5, 0.6) is 0 Å². The van der Waals surface area contributed by atoms with Crippen LogP contribution in [-0.4, -0.2) is 103 Å². The van der Waals surface area contributed by atoms with Crippen molar-refractivity contribution in [1.29, 1.82) is 0 Å². The second-order valence-electron chi connectivity index (χ2n) is 16.1. The molecule has 6 saturated heterocycles. The second-order valence-corrected chi connectivity index (χ2v) is 16.1. The second kappa shape index (κ2) is 13.4. The van der Waals surface area contributed by atoms with Gasteiger partial charge in [-0.05, 0) is 90.8 Å². The lowest BCUT2D eigenvalue weighted by Gasteiger charge is -2.29. The highest BCUT2D eigenvalue weighted by atomic mass is 16.9. The number of allylic oxidation sites excluding steroid dienone is 5. The Balaban J connectivity index is 1.03. The van der Waals surface area contributed by atoms with Gasteiger partial charge in [0.2, 0.25) is 0 Å². The lowest BCUT2D eigenvalue weighted by Crippen LogP contribution is -2.44. The third-order valence-corrected chi connectivity index (χ3v) is 9.98. The fourth-order valence-electron chi connectivity index (χ4n) is 7.87. The van der Waals surface area contributed by atoms with E-state index in [1.165, 1.54) is 0 Å². The van der Waals surface area contributed by atoms with Gasteiger partial charge in [0.25, 0.3) is 0 Å². The Morgan fingerprint density at radius 2 is 1.10 bits per heavy atom. The molecule has 0 spiro atoms. The molecule has 1 aliphatic carbocycles. The summed E-state index contributed by atoms with van der Waals surface area (Å²) in [5.74, 6) is -3.12. The predicted molar refractivity (Wildman–Crippen MR) is 182 cm³/mol. The van der Waals surface area contributed by atoms with Crippen molar-refractivity contribution < 1.29 is 61.9 Å². The number of rotatable bonds is 10. The molecule has 0 bridgehead atoms. The fourth-order valence-corrected chi connectivity index (χ4v) is 7.87. The molecular formula is C38H51NO13. The molecule has 0 radical (unpaired) electrons. The Kier molecular flexibility index (Phi) is 9.41. The first-order valence-electron chi connectivity index (χ1n) is 18.1. The predicted octanol–water partition coefficient (Wildman–Crippen LogP) is 4.82. The molecule has 14 nitrogen and oxygen atoms in total. The van der Waals surface area contributed by atoms with E-state index in [0.717, 1.165) is 11.1 Å². The van der Waals surface area contributed by atoms with Crippen molar-refractivity contribution >= 4 is 5.69 Å². The monoisotopic (exact) mass is 729 g/mol. The largest absolute Gasteiger partial charge is 0.494 e. The highest BCUT2D eigenvalue weighted by molar-refractivity contribution is 5.55. The van der Waals surface area contributed by atoms with Crippen LogP contribution in [0.25, 0.3) is 0 Å². The van der Waals surface area contributed by atoms with Gasteiger partial charge in [-0.1, -0.05) is 18.2 Å². The van der Waals surface area contributed by atoms with Gasteiger partial charge in [-0.15, -0.1) is 0 Å². The SMILES string of the molecule is CC1(C)O[C@H]2O[C@H]([C@@H]3COC(C)(C)O3)[C@H](OCc3cc(CO[C@@H]4[C@H]5OC(C)(C)O[C@H]5O[C@@H]4[C@@H]4COC(C)(C)O4)cc(NC(O)=C4C=CC=C4)c3)[C@H]2O1. The normalized spacial score (nSPS) is 39.0. The molecule has 0 saturated carbocycles. The van der Waals surface area contributed by atoms with Crippen molar-refractivity contribution in [2.75, 3.05) is 18.5 Å². The molecule has 1 aromatic carbocycles. The fraction of sp³-hybridized carbons (Fsp3) is 0.684. The van der Waals surface area contributed by atoms with Gasteiger partial charge in [0.15, 0.2) is 41.6 Å². The summed E-state index contributed by atoms with van der Waals surface area (Å²) in [7, 11) is 0. The van der Waals surface area contributed by atoms with E-state index >= 15 is 0 Å². The van der Waals surface area contributed by atoms with Gasteiger partial charge in [-0.3, -0.25) is 0 Å². The Bertz CT molecular complexity index is 1500. The van der Waals surface area contributed by atoms with E-state index in [1.807, 2.05) is 97.9 Å². The third kappa shape index (κ3) is 7.59. The van der Waals surface area contributed by atoms with Gasteiger partial charge in [0.1, 0.15) is 48.8 Å². The molecule has 52 heavy (non-hydrogen) atoms. The zero-order valence-corrected chi connectivity index (χ0v) is 31.0. The third-order valence-electron chi connectivity index (χ3n) is 9.98. The molecule has 8 rings (SSSR count).